The molecular weight excluding hydrogens is 260 g/mol. The molecule has 0 radical (unpaired) electrons. The summed E-state index contributed by atoms with van der Waals surface area (Å²) in [5.74, 6) is 2.34. The number of hydrogen-bond acceptors (Lipinski definition) is 3. The lowest BCUT2D eigenvalue weighted by molar-refractivity contribution is -0.138. The summed E-state index contributed by atoms with van der Waals surface area (Å²) in [6.07, 6.45) is 1.56. The fourth-order valence-electron chi connectivity index (χ4n) is 2.26. The zero-order valence-corrected chi connectivity index (χ0v) is 12.2. The highest BCUT2D eigenvalue weighted by Crippen LogP contribution is 2.29. The number of benzene rings is 1. The fraction of sp³-hybridized carbons (Fsp3) is 0.533. The van der Waals surface area contributed by atoms with Gasteiger partial charge in [-0.15, -0.1) is 0 Å². The van der Waals surface area contributed by atoms with Crippen LogP contribution in [0.4, 0.5) is 0 Å². The van der Waals surface area contributed by atoms with Crippen LogP contribution in [0.1, 0.15) is 32.3 Å². The molecule has 1 aliphatic rings. The number of carbonyl (C=O) groups is 1. The molecule has 1 heterocycles. The molecule has 3 nitrogen and oxygen atoms in total. The zero-order valence-electron chi connectivity index (χ0n) is 11.4. The molecule has 0 aromatic heterocycles. The number of hydrogen-bond donors (Lipinski definition) is 1. The van der Waals surface area contributed by atoms with Gasteiger partial charge in [-0.05, 0) is 29.9 Å². The molecule has 1 saturated heterocycles. The van der Waals surface area contributed by atoms with Crippen LogP contribution < -0.4 is 4.74 Å². The molecule has 1 atom stereocenters. The second-order valence-electron chi connectivity index (χ2n) is 5.58. The molecule has 0 saturated carbocycles. The Kier molecular flexibility index (Phi) is 4.40. The van der Waals surface area contributed by atoms with E-state index in [2.05, 4.69) is 0 Å². The molecule has 1 unspecified atom stereocenters. The first kappa shape index (κ1) is 14.3. The van der Waals surface area contributed by atoms with Crippen LogP contribution in [0.3, 0.4) is 0 Å². The standard InChI is InChI=1S/C15H20O3S/c1-15(2,9-14(16)17)11-3-5-12(6-4-11)18-13-7-8-19-10-13/h3-6,13H,7-10H2,1-2H3,(H,16,17). The molecule has 1 aromatic rings. The first-order valence-corrected chi connectivity index (χ1v) is 7.69. The van der Waals surface area contributed by atoms with Gasteiger partial charge in [0.2, 0.25) is 0 Å². The van der Waals surface area contributed by atoms with Gasteiger partial charge in [-0.25, -0.2) is 0 Å². The lowest BCUT2D eigenvalue weighted by Crippen LogP contribution is -2.21. The van der Waals surface area contributed by atoms with Crippen LogP contribution >= 0.6 is 11.8 Å². The van der Waals surface area contributed by atoms with E-state index < -0.39 is 5.97 Å². The van der Waals surface area contributed by atoms with Gasteiger partial charge in [-0.3, -0.25) is 4.79 Å². The Morgan fingerprint density at radius 1 is 1.42 bits per heavy atom. The summed E-state index contributed by atoms with van der Waals surface area (Å²) in [5, 5.41) is 8.93. The first-order chi connectivity index (χ1) is 8.97. The molecule has 19 heavy (non-hydrogen) atoms. The SMILES string of the molecule is CC(C)(CC(=O)O)c1ccc(OC2CCSC2)cc1. The molecule has 1 N–H and O–H groups in total. The molecule has 1 aliphatic heterocycles. The minimum atomic E-state index is -0.770. The highest BCUT2D eigenvalue weighted by atomic mass is 32.2. The zero-order chi connectivity index (χ0) is 13.9. The number of aliphatic carboxylic acids is 1. The molecule has 104 valence electrons. The molecular formula is C15H20O3S. The predicted molar refractivity (Wildman–Crippen MR) is 78.1 cm³/mol. The highest BCUT2D eigenvalue weighted by molar-refractivity contribution is 7.99. The Morgan fingerprint density at radius 3 is 2.63 bits per heavy atom. The monoisotopic (exact) mass is 280 g/mol. The van der Waals surface area contributed by atoms with E-state index >= 15 is 0 Å². The van der Waals surface area contributed by atoms with Gasteiger partial charge >= 0.3 is 5.97 Å². The molecule has 0 spiro atoms. The Hall–Kier alpha value is -1.16. The average molecular weight is 280 g/mol. The Morgan fingerprint density at radius 2 is 2.11 bits per heavy atom. The number of thioether (sulfide) groups is 1. The van der Waals surface area contributed by atoms with E-state index in [0.717, 1.165) is 23.5 Å². The summed E-state index contributed by atoms with van der Waals surface area (Å²) in [6, 6.07) is 7.84. The Labute approximate surface area is 118 Å². The van der Waals surface area contributed by atoms with Crippen LogP contribution in [-0.2, 0) is 10.2 Å². The average Bonchev–Trinajstić information content (AvgIpc) is 2.81. The normalized spacial score (nSPS) is 19.4. The van der Waals surface area contributed by atoms with Crippen molar-refractivity contribution < 1.29 is 14.6 Å². The summed E-state index contributed by atoms with van der Waals surface area (Å²) < 4.78 is 5.89. The Bertz CT molecular complexity index is 433. The third-order valence-corrected chi connectivity index (χ3v) is 4.55. The molecule has 0 amide bonds. The second-order valence-corrected chi connectivity index (χ2v) is 6.73. The van der Waals surface area contributed by atoms with Crippen molar-refractivity contribution in [2.24, 2.45) is 0 Å². The maximum absolute atomic E-state index is 10.9. The van der Waals surface area contributed by atoms with Gasteiger partial charge < -0.3 is 9.84 Å². The highest BCUT2D eigenvalue weighted by Gasteiger charge is 2.24. The molecule has 0 aliphatic carbocycles. The lowest BCUT2D eigenvalue weighted by atomic mass is 9.82. The predicted octanol–water partition coefficient (Wildman–Crippen LogP) is 3.32. The molecule has 1 fully saturated rings. The van der Waals surface area contributed by atoms with Crippen LogP contribution in [0.25, 0.3) is 0 Å². The smallest absolute Gasteiger partial charge is 0.304 e. The summed E-state index contributed by atoms with van der Waals surface area (Å²) in [6.45, 7) is 3.90. The van der Waals surface area contributed by atoms with Crippen LogP contribution in [0.2, 0.25) is 0 Å². The maximum Gasteiger partial charge on any atom is 0.304 e. The van der Waals surface area contributed by atoms with Gasteiger partial charge in [0.1, 0.15) is 11.9 Å². The van der Waals surface area contributed by atoms with E-state index in [0.29, 0.717) is 6.10 Å². The van der Waals surface area contributed by atoms with E-state index in [1.54, 1.807) is 0 Å². The van der Waals surface area contributed by atoms with Gasteiger partial charge in [0.25, 0.3) is 0 Å². The second kappa shape index (κ2) is 5.87. The van der Waals surface area contributed by atoms with Crippen molar-refractivity contribution in [2.75, 3.05) is 11.5 Å². The molecule has 2 rings (SSSR count). The summed E-state index contributed by atoms with van der Waals surface area (Å²) in [4.78, 5) is 10.9. The van der Waals surface area contributed by atoms with Gasteiger partial charge in [0.15, 0.2) is 0 Å². The van der Waals surface area contributed by atoms with Crippen LogP contribution in [0.5, 0.6) is 5.75 Å². The quantitative estimate of drug-likeness (QED) is 0.898. The maximum atomic E-state index is 10.9. The van der Waals surface area contributed by atoms with E-state index in [1.807, 2.05) is 49.9 Å². The number of rotatable bonds is 5. The minimum absolute atomic E-state index is 0.131. The first-order valence-electron chi connectivity index (χ1n) is 6.54. The number of carboxylic acid groups (broad SMARTS) is 1. The molecule has 0 bridgehead atoms. The van der Waals surface area contributed by atoms with Crippen LogP contribution in [0, 0.1) is 0 Å². The van der Waals surface area contributed by atoms with Crippen LogP contribution in [-0.4, -0.2) is 28.7 Å². The topological polar surface area (TPSA) is 46.5 Å². The summed E-state index contributed by atoms with van der Waals surface area (Å²) >= 11 is 1.93. The van der Waals surface area contributed by atoms with Gasteiger partial charge in [-0.1, -0.05) is 26.0 Å². The third kappa shape index (κ3) is 3.90. The molecule has 1 aromatic carbocycles. The molecule has 4 heteroatoms. The van der Waals surface area contributed by atoms with Gasteiger partial charge in [0.05, 0.1) is 6.42 Å². The van der Waals surface area contributed by atoms with Crippen molar-refractivity contribution in [3.05, 3.63) is 29.8 Å². The van der Waals surface area contributed by atoms with Crippen molar-refractivity contribution in [3.63, 3.8) is 0 Å². The Balaban J connectivity index is 2.02. The van der Waals surface area contributed by atoms with Gasteiger partial charge in [0, 0.05) is 11.2 Å². The number of ether oxygens (including phenoxy) is 1. The van der Waals surface area contributed by atoms with E-state index in [-0.39, 0.29) is 11.8 Å². The van der Waals surface area contributed by atoms with Gasteiger partial charge in [-0.2, -0.15) is 11.8 Å². The van der Waals surface area contributed by atoms with E-state index in [9.17, 15) is 4.79 Å². The largest absolute Gasteiger partial charge is 0.490 e. The minimum Gasteiger partial charge on any atom is -0.490 e. The third-order valence-electron chi connectivity index (χ3n) is 3.42. The number of carboxylic acids is 1. The van der Waals surface area contributed by atoms with Crippen molar-refractivity contribution in [2.45, 2.75) is 38.2 Å². The van der Waals surface area contributed by atoms with Crippen molar-refractivity contribution in [1.29, 1.82) is 0 Å². The van der Waals surface area contributed by atoms with Crippen molar-refractivity contribution in [3.8, 4) is 5.75 Å². The summed E-state index contributed by atoms with van der Waals surface area (Å²) in [7, 11) is 0. The van der Waals surface area contributed by atoms with E-state index in [4.69, 9.17) is 9.84 Å². The summed E-state index contributed by atoms with van der Waals surface area (Å²) in [5.41, 5.74) is 0.677. The van der Waals surface area contributed by atoms with E-state index in [1.165, 1.54) is 5.75 Å². The van der Waals surface area contributed by atoms with Crippen LogP contribution in [0.15, 0.2) is 24.3 Å². The van der Waals surface area contributed by atoms with Crippen molar-refractivity contribution >= 4 is 17.7 Å². The fourth-order valence-corrected chi connectivity index (χ4v) is 3.36. The van der Waals surface area contributed by atoms with Crippen molar-refractivity contribution in [1.82, 2.24) is 0 Å². The lowest BCUT2D eigenvalue weighted by Gasteiger charge is -2.23.